The number of aryl methyl sites for hydroxylation is 3. The number of amides is 2. The van der Waals surface area contributed by atoms with Gasteiger partial charge in [0, 0.05) is 17.1 Å². The van der Waals surface area contributed by atoms with Gasteiger partial charge in [0.25, 0.3) is 10.0 Å². The van der Waals surface area contributed by atoms with Crippen LogP contribution in [0.15, 0.2) is 71.6 Å². The van der Waals surface area contributed by atoms with Crippen LogP contribution in [-0.2, 0) is 26.2 Å². The lowest BCUT2D eigenvalue weighted by atomic mass is 10.1. The zero-order chi connectivity index (χ0) is 29.8. The van der Waals surface area contributed by atoms with Gasteiger partial charge in [-0.1, -0.05) is 53.6 Å². The maximum Gasteiger partial charge on any atom is 0.264 e. The molecule has 9 heteroatoms. The Hall–Kier alpha value is -3.36. The molecule has 0 aliphatic heterocycles. The number of halogens is 1. The second kappa shape index (κ2) is 12.4. The summed E-state index contributed by atoms with van der Waals surface area (Å²) in [6, 6.07) is 18.1. The Balaban J connectivity index is 2.08. The number of anilines is 1. The maximum absolute atomic E-state index is 14.1. The van der Waals surface area contributed by atoms with E-state index in [1.807, 2.05) is 58.9 Å². The summed E-state index contributed by atoms with van der Waals surface area (Å²) in [5.41, 5.74) is 3.15. The largest absolute Gasteiger partial charge is 0.350 e. The fourth-order valence-corrected chi connectivity index (χ4v) is 5.98. The minimum Gasteiger partial charge on any atom is -0.350 e. The Morgan fingerprint density at radius 1 is 0.925 bits per heavy atom. The second-order valence-corrected chi connectivity index (χ2v) is 13.4. The number of carbonyl (C=O) groups excluding carboxylic acids is 2. The number of carbonyl (C=O) groups is 2. The van der Waals surface area contributed by atoms with Crippen LogP contribution in [0.3, 0.4) is 0 Å². The third-order valence-electron chi connectivity index (χ3n) is 6.58. The van der Waals surface area contributed by atoms with Crippen LogP contribution in [0.4, 0.5) is 5.69 Å². The number of rotatable bonds is 9. The minimum atomic E-state index is -4.15. The van der Waals surface area contributed by atoms with Gasteiger partial charge in [-0.15, -0.1) is 0 Å². The first-order valence-electron chi connectivity index (χ1n) is 13.1. The van der Waals surface area contributed by atoms with Crippen molar-refractivity contribution < 1.29 is 18.0 Å². The SMILES string of the molecule is Cc1ccc(S(=O)(=O)N(CC(=O)N(Cc2ccccc2C)C(C)C(=O)NC(C)(C)C)c2ccc(Cl)cc2C)cc1. The lowest BCUT2D eigenvalue weighted by Gasteiger charge is -2.34. The van der Waals surface area contributed by atoms with Crippen LogP contribution in [0.5, 0.6) is 0 Å². The van der Waals surface area contributed by atoms with E-state index < -0.39 is 34.1 Å². The van der Waals surface area contributed by atoms with Gasteiger partial charge in [-0.3, -0.25) is 13.9 Å². The normalized spacial score (nSPS) is 12.5. The number of nitrogens with zero attached hydrogens (tertiary/aromatic N) is 2. The third kappa shape index (κ3) is 7.64. The standard InChI is InChI=1S/C31H38ClN3O4S/c1-21-12-15-27(16-13-21)40(38,39)35(28-17-14-26(32)18-23(28)3)20-29(36)34(19-25-11-9-8-10-22(25)2)24(4)30(37)33-31(5,6)7/h8-18,24H,19-20H2,1-7H3,(H,33,37). The molecule has 0 fully saturated rings. The fraction of sp³-hybridized carbons (Fsp3) is 0.355. The predicted molar refractivity (Wildman–Crippen MR) is 161 cm³/mol. The minimum absolute atomic E-state index is 0.0595. The monoisotopic (exact) mass is 583 g/mol. The molecule has 214 valence electrons. The van der Waals surface area contributed by atoms with Crippen LogP contribution in [-0.4, -0.2) is 43.3 Å². The third-order valence-corrected chi connectivity index (χ3v) is 8.59. The summed E-state index contributed by atoms with van der Waals surface area (Å²) in [5, 5.41) is 3.39. The highest BCUT2D eigenvalue weighted by Crippen LogP contribution is 2.29. The molecule has 0 heterocycles. The molecule has 0 spiro atoms. The van der Waals surface area contributed by atoms with Crippen molar-refractivity contribution in [2.45, 2.75) is 71.5 Å². The average Bonchev–Trinajstić information content (AvgIpc) is 2.86. The van der Waals surface area contributed by atoms with Gasteiger partial charge in [-0.05, 0) is 95.5 Å². The van der Waals surface area contributed by atoms with Gasteiger partial charge >= 0.3 is 0 Å². The van der Waals surface area contributed by atoms with Crippen molar-refractivity contribution in [1.29, 1.82) is 0 Å². The summed E-state index contributed by atoms with van der Waals surface area (Å²) < 4.78 is 29.1. The molecule has 0 saturated carbocycles. The summed E-state index contributed by atoms with van der Waals surface area (Å²) in [5.74, 6) is -0.838. The van der Waals surface area contributed by atoms with Gasteiger partial charge in [-0.2, -0.15) is 0 Å². The van der Waals surface area contributed by atoms with E-state index in [2.05, 4.69) is 5.32 Å². The average molecular weight is 584 g/mol. The van der Waals surface area contributed by atoms with E-state index in [0.29, 0.717) is 16.3 Å². The predicted octanol–water partition coefficient (Wildman–Crippen LogP) is 5.79. The molecule has 1 unspecified atom stereocenters. The van der Waals surface area contributed by atoms with E-state index >= 15 is 0 Å². The highest BCUT2D eigenvalue weighted by atomic mass is 35.5. The summed E-state index contributed by atoms with van der Waals surface area (Å²) in [4.78, 5) is 28.8. The van der Waals surface area contributed by atoms with Crippen LogP contribution in [0.2, 0.25) is 5.02 Å². The van der Waals surface area contributed by atoms with Gasteiger partial charge in [-0.25, -0.2) is 8.42 Å². The lowest BCUT2D eigenvalue weighted by Crippen LogP contribution is -2.54. The van der Waals surface area contributed by atoms with Gasteiger partial charge in [0.1, 0.15) is 12.6 Å². The van der Waals surface area contributed by atoms with E-state index in [1.54, 1.807) is 44.2 Å². The van der Waals surface area contributed by atoms with Crippen molar-refractivity contribution in [1.82, 2.24) is 10.2 Å². The lowest BCUT2D eigenvalue weighted by molar-refractivity contribution is -0.140. The molecule has 0 bridgehead atoms. The van der Waals surface area contributed by atoms with Gasteiger partial charge in [0.05, 0.1) is 10.6 Å². The van der Waals surface area contributed by atoms with Crippen LogP contribution in [0.1, 0.15) is 49.9 Å². The molecule has 0 aliphatic carbocycles. The number of nitrogens with one attached hydrogen (secondary N) is 1. The Morgan fingerprint density at radius 2 is 1.55 bits per heavy atom. The Kier molecular flexibility index (Phi) is 9.69. The molecule has 0 saturated heterocycles. The summed E-state index contributed by atoms with van der Waals surface area (Å²) in [6.45, 7) is 12.4. The molecule has 1 atom stereocenters. The number of sulfonamides is 1. The molecular formula is C31H38ClN3O4S. The highest BCUT2D eigenvalue weighted by molar-refractivity contribution is 7.92. The Morgan fingerprint density at radius 3 is 2.12 bits per heavy atom. The molecule has 2 amide bonds. The summed E-state index contributed by atoms with van der Waals surface area (Å²) in [7, 11) is -4.15. The number of hydrogen-bond donors (Lipinski definition) is 1. The fourth-order valence-electron chi connectivity index (χ4n) is 4.28. The molecule has 3 aromatic carbocycles. The van der Waals surface area contributed by atoms with Crippen molar-refractivity contribution in [3.8, 4) is 0 Å². The van der Waals surface area contributed by atoms with Crippen molar-refractivity contribution in [3.63, 3.8) is 0 Å². The van der Waals surface area contributed by atoms with E-state index in [9.17, 15) is 18.0 Å². The number of benzene rings is 3. The van der Waals surface area contributed by atoms with Crippen LogP contribution in [0, 0.1) is 20.8 Å². The molecule has 0 aliphatic rings. The van der Waals surface area contributed by atoms with Crippen molar-refractivity contribution >= 4 is 39.1 Å². The van der Waals surface area contributed by atoms with Crippen LogP contribution < -0.4 is 9.62 Å². The van der Waals surface area contributed by atoms with Crippen molar-refractivity contribution in [3.05, 3.63) is 94.0 Å². The molecule has 40 heavy (non-hydrogen) atoms. The molecular weight excluding hydrogens is 546 g/mol. The van der Waals surface area contributed by atoms with Crippen LogP contribution >= 0.6 is 11.6 Å². The van der Waals surface area contributed by atoms with Crippen LogP contribution in [0.25, 0.3) is 0 Å². The summed E-state index contributed by atoms with van der Waals surface area (Å²) in [6.07, 6.45) is 0. The quantitative estimate of drug-likeness (QED) is 0.345. The van der Waals surface area contributed by atoms with Gasteiger partial charge in [0.2, 0.25) is 11.8 Å². The Labute approximate surface area is 243 Å². The molecule has 0 aromatic heterocycles. The first kappa shape index (κ1) is 31.2. The Bertz CT molecular complexity index is 1480. The van der Waals surface area contributed by atoms with Gasteiger partial charge < -0.3 is 10.2 Å². The molecule has 7 nitrogen and oxygen atoms in total. The van der Waals surface area contributed by atoms with E-state index in [0.717, 1.165) is 21.0 Å². The smallest absolute Gasteiger partial charge is 0.264 e. The molecule has 3 rings (SSSR count). The maximum atomic E-state index is 14.1. The zero-order valence-corrected chi connectivity index (χ0v) is 25.7. The molecule has 0 radical (unpaired) electrons. The van der Waals surface area contributed by atoms with Crippen molar-refractivity contribution in [2.24, 2.45) is 0 Å². The summed E-state index contributed by atoms with van der Waals surface area (Å²) >= 11 is 6.17. The van der Waals surface area contributed by atoms with Crippen molar-refractivity contribution in [2.75, 3.05) is 10.8 Å². The van der Waals surface area contributed by atoms with E-state index in [4.69, 9.17) is 11.6 Å². The van der Waals surface area contributed by atoms with E-state index in [-0.39, 0.29) is 17.3 Å². The van der Waals surface area contributed by atoms with E-state index in [1.165, 1.54) is 17.0 Å². The first-order chi connectivity index (χ1) is 18.6. The number of hydrogen-bond acceptors (Lipinski definition) is 4. The molecule has 3 aromatic rings. The topological polar surface area (TPSA) is 86.8 Å². The van der Waals surface area contributed by atoms with Gasteiger partial charge in [0.15, 0.2) is 0 Å². The first-order valence-corrected chi connectivity index (χ1v) is 14.9. The second-order valence-electron chi connectivity index (χ2n) is 11.1. The zero-order valence-electron chi connectivity index (χ0n) is 24.2. The highest BCUT2D eigenvalue weighted by Gasteiger charge is 2.34. The molecule has 1 N–H and O–H groups in total.